The number of carbonyl (C=O) groups excluding carboxylic acids is 1. The van der Waals surface area contributed by atoms with Crippen molar-refractivity contribution in [2.45, 2.75) is 6.10 Å². The summed E-state index contributed by atoms with van der Waals surface area (Å²) < 4.78 is 32.9. The van der Waals surface area contributed by atoms with Gasteiger partial charge in [-0.15, -0.1) is 0 Å². The van der Waals surface area contributed by atoms with Crippen molar-refractivity contribution in [1.82, 2.24) is 9.88 Å². The molecular formula is C11H17N3O5S2. The molecule has 0 bridgehead atoms. The highest BCUT2D eigenvalue weighted by Gasteiger charge is 2.27. The van der Waals surface area contributed by atoms with Crippen LogP contribution >= 0.6 is 11.3 Å². The molecule has 0 spiro atoms. The highest BCUT2D eigenvalue weighted by atomic mass is 32.2. The fourth-order valence-electron chi connectivity index (χ4n) is 1.92. The number of rotatable bonds is 4. The molecule has 1 atom stereocenters. The summed E-state index contributed by atoms with van der Waals surface area (Å²) in [5, 5.41) is 3.69. The average Bonchev–Trinajstić information content (AvgIpc) is 2.84. The van der Waals surface area contributed by atoms with E-state index >= 15 is 0 Å². The second kappa shape index (κ2) is 6.58. The Bertz CT molecular complexity index is 601. The molecule has 1 aliphatic rings. The summed E-state index contributed by atoms with van der Waals surface area (Å²) in [6.45, 7) is 0.963. The van der Waals surface area contributed by atoms with Crippen LogP contribution in [0.3, 0.4) is 0 Å². The molecular weight excluding hydrogens is 318 g/mol. The van der Waals surface area contributed by atoms with Crippen LogP contribution in [0.5, 0.6) is 5.06 Å². The van der Waals surface area contributed by atoms with Gasteiger partial charge in [-0.05, 0) is 0 Å². The number of sulfone groups is 1. The number of urea groups is 1. The van der Waals surface area contributed by atoms with E-state index in [1.165, 1.54) is 29.5 Å². The Morgan fingerprint density at radius 2 is 2.43 bits per heavy atom. The molecule has 0 aliphatic carbocycles. The SMILES string of the molecule is COc1cnc(NC(=O)N2CCOC(CS(C)(=O)=O)C2)s1. The van der Waals surface area contributed by atoms with Crippen LogP contribution in [-0.4, -0.2) is 69.3 Å². The molecule has 1 saturated heterocycles. The monoisotopic (exact) mass is 335 g/mol. The lowest BCUT2D eigenvalue weighted by molar-refractivity contribution is 0.000459. The first-order valence-electron chi connectivity index (χ1n) is 6.22. The third-order valence-corrected chi connectivity index (χ3v) is 4.67. The number of anilines is 1. The van der Waals surface area contributed by atoms with Gasteiger partial charge in [-0.3, -0.25) is 5.32 Å². The lowest BCUT2D eigenvalue weighted by Crippen LogP contribution is -2.49. The standard InChI is InChI=1S/C11H17N3O5S2/c1-18-9-5-12-10(20-9)13-11(15)14-3-4-19-8(6-14)7-21(2,16)17/h5,8H,3-4,6-7H2,1-2H3,(H,12,13,15). The molecule has 0 radical (unpaired) electrons. The van der Waals surface area contributed by atoms with Gasteiger partial charge in [0.25, 0.3) is 0 Å². The highest BCUT2D eigenvalue weighted by Crippen LogP contribution is 2.25. The summed E-state index contributed by atoms with van der Waals surface area (Å²) in [6.07, 6.45) is 2.17. The molecule has 1 aromatic rings. The fourth-order valence-corrected chi connectivity index (χ4v) is 3.42. The first kappa shape index (κ1) is 16.0. The summed E-state index contributed by atoms with van der Waals surface area (Å²) in [6, 6.07) is -0.325. The molecule has 118 valence electrons. The third-order valence-electron chi connectivity index (χ3n) is 2.81. The Morgan fingerprint density at radius 3 is 3.05 bits per heavy atom. The second-order valence-electron chi connectivity index (χ2n) is 4.65. The van der Waals surface area contributed by atoms with E-state index in [0.29, 0.717) is 23.3 Å². The molecule has 8 nitrogen and oxygen atoms in total. The van der Waals surface area contributed by atoms with Crippen molar-refractivity contribution < 1.29 is 22.7 Å². The van der Waals surface area contributed by atoms with Crippen LogP contribution in [-0.2, 0) is 14.6 Å². The van der Waals surface area contributed by atoms with Crippen LogP contribution in [0, 0.1) is 0 Å². The van der Waals surface area contributed by atoms with Gasteiger partial charge < -0.3 is 14.4 Å². The molecule has 1 unspecified atom stereocenters. The first-order chi connectivity index (χ1) is 9.87. The lowest BCUT2D eigenvalue weighted by Gasteiger charge is -2.32. The Labute approximate surface area is 127 Å². The first-order valence-corrected chi connectivity index (χ1v) is 9.10. The smallest absolute Gasteiger partial charge is 0.323 e. The van der Waals surface area contributed by atoms with E-state index in [4.69, 9.17) is 9.47 Å². The molecule has 1 fully saturated rings. The van der Waals surface area contributed by atoms with Crippen molar-refractivity contribution in [3.8, 4) is 5.06 Å². The number of morpholine rings is 1. The quantitative estimate of drug-likeness (QED) is 0.857. The van der Waals surface area contributed by atoms with Gasteiger partial charge in [0.1, 0.15) is 9.84 Å². The number of nitrogens with zero attached hydrogens (tertiary/aromatic N) is 2. The summed E-state index contributed by atoms with van der Waals surface area (Å²) in [5.74, 6) is -0.0954. The van der Waals surface area contributed by atoms with Gasteiger partial charge in [0.05, 0.1) is 31.8 Å². The molecule has 1 aromatic heterocycles. The van der Waals surface area contributed by atoms with E-state index in [-0.39, 0.29) is 18.3 Å². The molecule has 21 heavy (non-hydrogen) atoms. The van der Waals surface area contributed by atoms with Gasteiger partial charge in [-0.25, -0.2) is 18.2 Å². The predicted octanol–water partition coefficient (Wildman–Crippen LogP) is 0.429. The molecule has 1 N–H and O–H groups in total. The number of methoxy groups -OCH3 is 1. The van der Waals surface area contributed by atoms with Crippen LogP contribution in [0.1, 0.15) is 0 Å². The van der Waals surface area contributed by atoms with E-state index in [1.807, 2.05) is 0 Å². The van der Waals surface area contributed by atoms with E-state index < -0.39 is 15.9 Å². The Kier molecular flexibility index (Phi) is 5.01. The average molecular weight is 335 g/mol. The molecule has 2 rings (SSSR count). The zero-order valence-electron chi connectivity index (χ0n) is 11.7. The van der Waals surface area contributed by atoms with Crippen molar-refractivity contribution >= 4 is 32.3 Å². The van der Waals surface area contributed by atoms with Gasteiger partial charge >= 0.3 is 6.03 Å². The fraction of sp³-hybridized carbons (Fsp3) is 0.636. The maximum atomic E-state index is 12.1. The largest absolute Gasteiger partial charge is 0.486 e. The molecule has 10 heteroatoms. The van der Waals surface area contributed by atoms with Crippen LogP contribution < -0.4 is 10.1 Å². The minimum atomic E-state index is -3.14. The van der Waals surface area contributed by atoms with Gasteiger partial charge in [-0.1, -0.05) is 11.3 Å². The van der Waals surface area contributed by atoms with Crippen molar-refractivity contribution in [2.24, 2.45) is 0 Å². The number of nitrogens with one attached hydrogen (secondary N) is 1. The Morgan fingerprint density at radius 1 is 1.67 bits per heavy atom. The number of carbonyl (C=O) groups is 1. The van der Waals surface area contributed by atoms with Gasteiger partial charge in [0.15, 0.2) is 10.2 Å². The van der Waals surface area contributed by atoms with Crippen LogP contribution in [0.25, 0.3) is 0 Å². The normalized spacial score (nSPS) is 19.3. The zero-order valence-corrected chi connectivity index (χ0v) is 13.4. The zero-order chi connectivity index (χ0) is 15.5. The number of hydrogen-bond acceptors (Lipinski definition) is 7. The predicted molar refractivity (Wildman–Crippen MR) is 78.7 cm³/mol. The van der Waals surface area contributed by atoms with Gasteiger partial charge in [0, 0.05) is 19.3 Å². The van der Waals surface area contributed by atoms with Gasteiger partial charge in [0.2, 0.25) is 0 Å². The summed E-state index contributed by atoms with van der Waals surface area (Å²) in [7, 11) is -1.62. The molecule has 1 aliphatic heterocycles. The van der Waals surface area contributed by atoms with Crippen LogP contribution in [0.4, 0.5) is 9.93 Å². The van der Waals surface area contributed by atoms with Crippen molar-refractivity contribution in [3.05, 3.63) is 6.20 Å². The second-order valence-corrected chi connectivity index (χ2v) is 7.83. The molecule has 0 aromatic carbocycles. The third kappa shape index (κ3) is 4.83. The lowest BCUT2D eigenvalue weighted by atomic mass is 10.3. The minimum Gasteiger partial charge on any atom is -0.486 e. The maximum absolute atomic E-state index is 12.1. The molecule has 0 saturated carbocycles. The maximum Gasteiger partial charge on any atom is 0.323 e. The van der Waals surface area contributed by atoms with E-state index in [9.17, 15) is 13.2 Å². The minimum absolute atomic E-state index is 0.0954. The number of aromatic nitrogens is 1. The molecule has 2 amide bonds. The van der Waals surface area contributed by atoms with Crippen molar-refractivity contribution in [1.29, 1.82) is 0 Å². The topological polar surface area (TPSA) is 97.8 Å². The van der Waals surface area contributed by atoms with E-state index in [0.717, 1.165) is 6.26 Å². The van der Waals surface area contributed by atoms with Crippen LogP contribution in [0.15, 0.2) is 6.20 Å². The van der Waals surface area contributed by atoms with Gasteiger partial charge in [-0.2, -0.15) is 0 Å². The number of thiazole rings is 1. The summed E-state index contributed by atoms with van der Waals surface area (Å²) >= 11 is 1.22. The number of amides is 2. The van der Waals surface area contributed by atoms with E-state index in [2.05, 4.69) is 10.3 Å². The van der Waals surface area contributed by atoms with Crippen LogP contribution in [0.2, 0.25) is 0 Å². The van der Waals surface area contributed by atoms with Crippen molar-refractivity contribution in [3.63, 3.8) is 0 Å². The van der Waals surface area contributed by atoms with Crippen molar-refractivity contribution in [2.75, 3.05) is 44.1 Å². The number of hydrogen-bond donors (Lipinski definition) is 1. The molecule has 2 heterocycles. The summed E-state index contributed by atoms with van der Waals surface area (Å²) in [4.78, 5) is 17.6. The highest BCUT2D eigenvalue weighted by molar-refractivity contribution is 7.90. The summed E-state index contributed by atoms with van der Waals surface area (Å²) in [5.41, 5.74) is 0. The van der Waals surface area contributed by atoms with E-state index in [1.54, 1.807) is 0 Å². The number of ether oxygens (including phenoxy) is 2. The Balaban J connectivity index is 1.92. The Hall–Kier alpha value is -1.39.